The van der Waals surface area contributed by atoms with Crippen LogP contribution in [0.15, 0.2) is 53.5 Å². The van der Waals surface area contributed by atoms with Gasteiger partial charge in [0.25, 0.3) is 5.69 Å². The fourth-order valence-corrected chi connectivity index (χ4v) is 4.31. The third-order valence-electron chi connectivity index (χ3n) is 6.30. The van der Waals surface area contributed by atoms with Crippen LogP contribution in [0.2, 0.25) is 0 Å². The van der Waals surface area contributed by atoms with Crippen LogP contribution in [-0.2, 0) is 0 Å². The average molecular weight is 462 g/mol. The highest BCUT2D eigenvalue weighted by molar-refractivity contribution is 6.08. The van der Waals surface area contributed by atoms with Crippen LogP contribution >= 0.6 is 0 Å². The molecule has 1 aromatic heterocycles. The molecule has 0 radical (unpaired) electrons. The molecule has 0 atom stereocenters. The van der Waals surface area contributed by atoms with Gasteiger partial charge in [-0.25, -0.2) is 4.39 Å². The minimum absolute atomic E-state index is 0.0214. The van der Waals surface area contributed by atoms with Gasteiger partial charge in [-0.1, -0.05) is 6.08 Å². The largest absolute Gasteiger partial charge is 0.367 e. The van der Waals surface area contributed by atoms with E-state index < -0.39 is 22.0 Å². The Bertz CT molecular complexity index is 1370. The smallest absolute Gasteiger partial charge is 0.269 e. The van der Waals surface area contributed by atoms with Crippen molar-refractivity contribution in [2.75, 3.05) is 31.1 Å². The Hall–Kier alpha value is -3.85. The van der Waals surface area contributed by atoms with Crippen molar-refractivity contribution in [1.82, 2.24) is 9.88 Å². The van der Waals surface area contributed by atoms with Crippen LogP contribution in [0.25, 0.3) is 17.0 Å². The van der Waals surface area contributed by atoms with Crippen molar-refractivity contribution in [1.29, 1.82) is 0 Å². The van der Waals surface area contributed by atoms with Crippen molar-refractivity contribution in [2.24, 2.45) is 0 Å². The molecule has 9 heteroatoms. The zero-order valence-corrected chi connectivity index (χ0v) is 18.4. The number of nitro benzene ring substituents is 1. The van der Waals surface area contributed by atoms with Gasteiger partial charge >= 0.3 is 0 Å². The number of carbonyl (C=O) groups excluding carboxylic acids is 1. The molecule has 0 amide bonds. The number of non-ortho nitro benzene ring substituents is 1. The van der Waals surface area contributed by atoms with Crippen molar-refractivity contribution in [3.05, 3.63) is 86.0 Å². The van der Waals surface area contributed by atoms with E-state index >= 15 is 4.39 Å². The summed E-state index contributed by atoms with van der Waals surface area (Å²) in [4.78, 5) is 38.4. The van der Waals surface area contributed by atoms with Crippen LogP contribution in [0.1, 0.15) is 34.8 Å². The molecule has 2 heterocycles. The normalized spacial score (nSPS) is 16.3. The second kappa shape index (κ2) is 8.83. The highest BCUT2D eigenvalue weighted by atomic mass is 19.1. The lowest BCUT2D eigenvalue weighted by Crippen LogP contribution is -2.43. The third-order valence-corrected chi connectivity index (χ3v) is 6.30. The second-order valence-electron chi connectivity index (χ2n) is 8.61. The van der Waals surface area contributed by atoms with Gasteiger partial charge < -0.3 is 14.8 Å². The molecule has 0 spiro atoms. The number of carbonyl (C=O) groups is 1. The van der Waals surface area contributed by atoms with Crippen LogP contribution in [0.5, 0.6) is 0 Å². The summed E-state index contributed by atoms with van der Waals surface area (Å²) in [5.41, 5.74) is 1.13. The lowest BCUT2D eigenvalue weighted by molar-refractivity contribution is -0.384. The Kier molecular flexibility index (Phi) is 5.70. The fraction of sp³-hybridized carbons (Fsp3) is 0.280. The van der Waals surface area contributed by atoms with Gasteiger partial charge in [0.1, 0.15) is 5.82 Å². The molecule has 8 nitrogen and oxygen atoms in total. The molecule has 1 aliphatic heterocycles. The number of rotatable bonds is 6. The van der Waals surface area contributed by atoms with Gasteiger partial charge in [-0.3, -0.25) is 19.7 Å². The van der Waals surface area contributed by atoms with Gasteiger partial charge in [-0.15, -0.1) is 0 Å². The first-order valence-corrected chi connectivity index (χ1v) is 11.2. The molecule has 1 saturated heterocycles. The zero-order valence-electron chi connectivity index (χ0n) is 18.4. The molecule has 5 rings (SSSR count). The number of pyridine rings is 1. The molecular formula is C25H23FN4O4. The topological polar surface area (TPSA) is 97.5 Å². The summed E-state index contributed by atoms with van der Waals surface area (Å²) in [6.45, 7) is 2.89. The van der Waals surface area contributed by atoms with Crippen molar-refractivity contribution in [3.63, 3.8) is 0 Å². The number of nitrogens with zero attached hydrogens (tertiary/aromatic N) is 3. The van der Waals surface area contributed by atoms with E-state index in [1.54, 1.807) is 12.3 Å². The number of anilines is 1. The Morgan fingerprint density at radius 2 is 1.85 bits per heavy atom. The number of hydrogen-bond acceptors (Lipinski definition) is 6. The first kappa shape index (κ1) is 22.0. The van der Waals surface area contributed by atoms with E-state index in [0.717, 1.165) is 25.9 Å². The van der Waals surface area contributed by atoms with E-state index in [4.69, 9.17) is 0 Å². The summed E-state index contributed by atoms with van der Waals surface area (Å²) in [7, 11) is 0. The quantitative estimate of drug-likeness (QED) is 0.260. The van der Waals surface area contributed by atoms with Crippen LogP contribution < -0.4 is 15.6 Å². The lowest BCUT2D eigenvalue weighted by atomic mass is 10.1. The summed E-state index contributed by atoms with van der Waals surface area (Å²) in [6, 6.07) is 8.91. The van der Waals surface area contributed by atoms with E-state index in [2.05, 4.69) is 5.32 Å². The number of piperazine rings is 1. The van der Waals surface area contributed by atoms with Gasteiger partial charge in [-0.2, -0.15) is 0 Å². The number of ketones is 1. The molecule has 2 aliphatic rings. The minimum atomic E-state index is -0.504. The number of nitro groups is 1. The van der Waals surface area contributed by atoms with Gasteiger partial charge in [0.05, 0.1) is 21.7 Å². The SMILES string of the molecule is O=C(/C=C/c1ccc([N+](=O)[O-])cc1)c1cn(C2CC2)c2cc(N3CCNCC3)c(F)cc2c1=O. The molecule has 2 aromatic carbocycles. The fourth-order valence-electron chi connectivity index (χ4n) is 4.31. The Morgan fingerprint density at radius 1 is 1.15 bits per heavy atom. The van der Waals surface area contributed by atoms with Crippen LogP contribution in [0.3, 0.4) is 0 Å². The van der Waals surface area contributed by atoms with E-state index in [9.17, 15) is 19.7 Å². The summed E-state index contributed by atoms with van der Waals surface area (Å²) in [5, 5.41) is 14.2. The predicted octanol–water partition coefficient (Wildman–Crippen LogP) is 3.69. The lowest BCUT2D eigenvalue weighted by Gasteiger charge is -2.30. The van der Waals surface area contributed by atoms with E-state index in [0.29, 0.717) is 29.9 Å². The van der Waals surface area contributed by atoms with E-state index in [-0.39, 0.29) is 22.7 Å². The van der Waals surface area contributed by atoms with Crippen molar-refractivity contribution in [3.8, 4) is 0 Å². The maximum Gasteiger partial charge on any atom is 0.269 e. The Labute approximate surface area is 194 Å². The van der Waals surface area contributed by atoms with Crippen molar-refractivity contribution in [2.45, 2.75) is 18.9 Å². The molecule has 174 valence electrons. The summed E-state index contributed by atoms with van der Waals surface area (Å²) in [6.07, 6.45) is 6.23. The molecular weight excluding hydrogens is 439 g/mol. The molecule has 3 aromatic rings. The summed E-state index contributed by atoms with van der Waals surface area (Å²) in [5.74, 6) is -0.967. The van der Waals surface area contributed by atoms with E-state index in [1.807, 2.05) is 9.47 Å². The average Bonchev–Trinajstić information content (AvgIpc) is 3.69. The Balaban J connectivity index is 1.52. The molecule has 1 N–H and O–H groups in total. The molecule has 34 heavy (non-hydrogen) atoms. The summed E-state index contributed by atoms with van der Waals surface area (Å²) < 4.78 is 17.0. The maximum absolute atomic E-state index is 15.1. The first-order valence-electron chi connectivity index (χ1n) is 11.2. The third kappa shape index (κ3) is 4.22. The van der Waals surface area contributed by atoms with Crippen LogP contribution in [-0.4, -0.2) is 41.5 Å². The number of allylic oxidation sites excluding steroid dienone is 1. The molecule has 0 bridgehead atoms. The predicted molar refractivity (Wildman–Crippen MR) is 128 cm³/mol. The molecule has 1 aliphatic carbocycles. The van der Waals surface area contributed by atoms with Gasteiger partial charge in [0.2, 0.25) is 5.43 Å². The number of hydrogen-bond donors (Lipinski definition) is 1. The number of aromatic nitrogens is 1. The van der Waals surface area contributed by atoms with Gasteiger partial charge in [-0.05, 0) is 48.7 Å². The number of fused-ring (bicyclic) bond motifs is 1. The van der Waals surface area contributed by atoms with Crippen LogP contribution in [0, 0.1) is 15.9 Å². The Morgan fingerprint density at radius 3 is 2.50 bits per heavy atom. The zero-order chi connectivity index (χ0) is 23.8. The number of nitrogens with one attached hydrogen (secondary N) is 1. The standard InChI is InChI=1S/C25H23FN4O4/c26-21-13-19-22(14-23(21)28-11-9-27-10-12-28)29(17-6-7-17)15-20(25(19)32)24(31)8-3-16-1-4-18(5-2-16)30(33)34/h1-5,8,13-15,17,27H,6-7,9-12H2/b8-3+. The van der Waals surface area contributed by atoms with Crippen molar-refractivity contribution >= 4 is 34.1 Å². The summed E-state index contributed by atoms with van der Waals surface area (Å²) >= 11 is 0. The molecule has 0 unspecified atom stereocenters. The van der Waals surface area contributed by atoms with Crippen LogP contribution in [0.4, 0.5) is 15.8 Å². The second-order valence-corrected chi connectivity index (χ2v) is 8.61. The minimum Gasteiger partial charge on any atom is -0.367 e. The first-order chi connectivity index (χ1) is 16.4. The highest BCUT2D eigenvalue weighted by Crippen LogP contribution is 2.38. The molecule has 1 saturated carbocycles. The van der Waals surface area contributed by atoms with E-state index in [1.165, 1.54) is 42.5 Å². The number of halogens is 1. The maximum atomic E-state index is 15.1. The van der Waals surface area contributed by atoms with Gasteiger partial charge in [0.15, 0.2) is 5.78 Å². The monoisotopic (exact) mass is 462 g/mol. The van der Waals surface area contributed by atoms with Gasteiger partial charge in [0, 0.05) is 55.9 Å². The van der Waals surface area contributed by atoms with Crippen molar-refractivity contribution < 1.29 is 14.1 Å². The molecule has 2 fully saturated rings. The number of benzene rings is 2. The highest BCUT2D eigenvalue weighted by Gasteiger charge is 2.28.